The van der Waals surface area contributed by atoms with Crippen LogP contribution in [0.2, 0.25) is 0 Å². The molecule has 2 N–H and O–H groups in total. The quantitative estimate of drug-likeness (QED) is 0.867. The van der Waals surface area contributed by atoms with Crippen molar-refractivity contribution < 1.29 is 4.74 Å². The summed E-state index contributed by atoms with van der Waals surface area (Å²) in [6, 6.07) is 8.40. The molecule has 0 aliphatic heterocycles. The number of rotatable bonds is 5. The number of ether oxygens (including phenoxy) is 1. The molecule has 3 unspecified atom stereocenters. The molecule has 1 aliphatic rings. The Hall–Kier alpha value is -0.380. The van der Waals surface area contributed by atoms with Gasteiger partial charge in [-0.05, 0) is 43.7 Å². The average molecular weight is 340 g/mol. The minimum atomic E-state index is -0.137. The van der Waals surface area contributed by atoms with Gasteiger partial charge in [0, 0.05) is 17.1 Å². The second-order valence-electron chi connectivity index (χ2n) is 6.10. The summed E-state index contributed by atoms with van der Waals surface area (Å²) in [4.78, 5) is 0. The number of hydrogen-bond acceptors (Lipinski definition) is 2. The van der Waals surface area contributed by atoms with E-state index in [1.54, 1.807) is 0 Å². The lowest BCUT2D eigenvalue weighted by Crippen LogP contribution is -2.53. The number of hydrogen-bond donors (Lipinski definition) is 1. The van der Waals surface area contributed by atoms with Gasteiger partial charge in [-0.3, -0.25) is 0 Å². The highest BCUT2D eigenvalue weighted by Gasteiger charge is 2.41. The van der Waals surface area contributed by atoms with Gasteiger partial charge >= 0.3 is 0 Å². The highest BCUT2D eigenvalue weighted by Crippen LogP contribution is 2.38. The van der Waals surface area contributed by atoms with Crippen molar-refractivity contribution in [3.8, 4) is 0 Å². The van der Waals surface area contributed by atoms with Gasteiger partial charge in [0.05, 0.1) is 5.60 Å². The van der Waals surface area contributed by atoms with Crippen LogP contribution < -0.4 is 5.73 Å². The molecule has 1 saturated carbocycles. The second-order valence-corrected chi connectivity index (χ2v) is 6.96. The highest BCUT2D eigenvalue weighted by atomic mass is 79.9. The van der Waals surface area contributed by atoms with Crippen LogP contribution in [0.4, 0.5) is 0 Å². The smallest absolute Gasteiger partial charge is 0.0838 e. The highest BCUT2D eigenvalue weighted by molar-refractivity contribution is 9.10. The van der Waals surface area contributed by atoms with E-state index in [0.717, 1.165) is 30.3 Å². The largest absolute Gasteiger partial charge is 0.374 e. The first kappa shape index (κ1) is 16.0. The number of nitrogens with two attached hydrogens (primary N) is 1. The molecule has 3 heteroatoms. The van der Waals surface area contributed by atoms with Crippen molar-refractivity contribution in [2.75, 3.05) is 6.61 Å². The van der Waals surface area contributed by atoms with Crippen molar-refractivity contribution in [1.29, 1.82) is 0 Å². The number of benzene rings is 1. The van der Waals surface area contributed by atoms with Gasteiger partial charge in [0.25, 0.3) is 0 Å². The maximum atomic E-state index is 6.59. The molecule has 1 aromatic rings. The molecule has 0 spiro atoms. The standard InChI is InChI=1S/C17H26BrNO/c1-3-20-17(10-6-7-13(2)12-17)16(19)11-14-8-4-5-9-15(14)18/h4-5,8-9,13,16H,3,6-7,10-12,19H2,1-2H3. The Morgan fingerprint density at radius 1 is 1.45 bits per heavy atom. The molecule has 0 amide bonds. The average Bonchev–Trinajstić information content (AvgIpc) is 2.41. The predicted molar refractivity (Wildman–Crippen MR) is 87.8 cm³/mol. The Morgan fingerprint density at radius 2 is 2.20 bits per heavy atom. The van der Waals surface area contributed by atoms with Crippen LogP contribution in [-0.4, -0.2) is 18.2 Å². The predicted octanol–water partition coefficient (Wildman–Crippen LogP) is 4.30. The molecule has 3 atom stereocenters. The zero-order valence-electron chi connectivity index (χ0n) is 12.6. The molecular weight excluding hydrogens is 314 g/mol. The Morgan fingerprint density at radius 3 is 2.85 bits per heavy atom. The second kappa shape index (κ2) is 7.06. The Labute approximate surface area is 131 Å². The van der Waals surface area contributed by atoms with Crippen LogP contribution in [-0.2, 0) is 11.2 Å². The monoisotopic (exact) mass is 339 g/mol. The summed E-state index contributed by atoms with van der Waals surface area (Å²) in [5.41, 5.74) is 7.72. The van der Waals surface area contributed by atoms with Crippen LogP contribution >= 0.6 is 15.9 Å². The summed E-state index contributed by atoms with van der Waals surface area (Å²) in [5.74, 6) is 0.709. The minimum absolute atomic E-state index is 0.0592. The van der Waals surface area contributed by atoms with E-state index in [0.29, 0.717) is 5.92 Å². The van der Waals surface area contributed by atoms with Crippen LogP contribution in [0.5, 0.6) is 0 Å². The molecule has 0 heterocycles. The van der Waals surface area contributed by atoms with E-state index < -0.39 is 0 Å². The van der Waals surface area contributed by atoms with E-state index in [4.69, 9.17) is 10.5 Å². The molecule has 0 saturated heterocycles. The van der Waals surface area contributed by atoms with Crippen molar-refractivity contribution in [2.24, 2.45) is 11.7 Å². The number of halogens is 1. The Bertz CT molecular complexity index is 433. The molecule has 1 aromatic carbocycles. The third kappa shape index (κ3) is 3.63. The fourth-order valence-electron chi connectivity index (χ4n) is 3.49. The summed E-state index contributed by atoms with van der Waals surface area (Å²) in [6.07, 6.45) is 5.58. The van der Waals surface area contributed by atoms with Gasteiger partial charge in [-0.1, -0.05) is 53.9 Å². The zero-order valence-corrected chi connectivity index (χ0v) is 14.2. The van der Waals surface area contributed by atoms with Crippen LogP contribution in [0.25, 0.3) is 0 Å². The maximum absolute atomic E-state index is 6.59. The van der Waals surface area contributed by atoms with E-state index in [9.17, 15) is 0 Å². The molecule has 20 heavy (non-hydrogen) atoms. The summed E-state index contributed by atoms with van der Waals surface area (Å²) in [7, 11) is 0. The fraction of sp³-hybridized carbons (Fsp3) is 0.647. The lowest BCUT2D eigenvalue weighted by molar-refractivity contribution is -0.0925. The van der Waals surface area contributed by atoms with E-state index in [-0.39, 0.29) is 11.6 Å². The summed E-state index contributed by atoms with van der Waals surface area (Å²) in [5, 5.41) is 0. The normalized spacial score (nSPS) is 28.3. The van der Waals surface area contributed by atoms with Crippen molar-refractivity contribution in [3.63, 3.8) is 0 Å². The fourth-order valence-corrected chi connectivity index (χ4v) is 3.94. The SMILES string of the molecule is CCOC1(C(N)Cc2ccccc2Br)CCCC(C)C1. The van der Waals surface area contributed by atoms with Crippen molar-refractivity contribution in [3.05, 3.63) is 34.3 Å². The van der Waals surface area contributed by atoms with Gasteiger partial charge in [-0.25, -0.2) is 0 Å². The first-order valence-corrected chi connectivity index (χ1v) is 8.49. The van der Waals surface area contributed by atoms with Gasteiger partial charge in [-0.2, -0.15) is 0 Å². The first-order chi connectivity index (χ1) is 9.57. The topological polar surface area (TPSA) is 35.2 Å². The van der Waals surface area contributed by atoms with Crippen LogP contribution in [0, 0.1) is 5.92 Å². The maximum Gasteiger partial charge on any atom is 0.0838 e. The van der Waals surface area contributed by atoms with E-state index in [1.165, 1.54) is 18.4 Å². The van der Waals surface area contributed by atoms with Gasteiger partial charge < -0.3 is 10.5 Å². The molecule has 0 bridgehead atoms. The summed E-state index contributed by atoms with van der Waals surface area (Å²) < 4.78 is 7.32. The minimum Gasteiger partial charge on any atom is -0.374 e. The van der Waals surface area contributed by atoms with Gasteiger partial charge in [0.15, 0.2) is 0 Å². The van der Waals surface area contributed by atoms with Gasteiger partial charge in [0.2, 0.25) is 0 Å². The van der Waals surface area contributed by atoms with Gasteiger partial charge in [0.1, 0.15) is 0 Å². The van der Waals surface area contributed by atoms with E-state index in [2.05, 4.69) is 48.0 Å². The molecule has 112 valence electrons. The molecule has 1 fully saturated rings. The molecule has 0 aromatic heterocycles. The van der Waals surface area contributed by atoms with Crippen molar-refractivity contribution in [2.45, 2.75) is 57.6 Å². The molecule has 0 radical (unpaired) electrons. The Balaban J connectivity index is 2.14. The van der Waals surface area contributed by atoms with Crippen LogP contribution in [0.1, 0.15) is 45.1 Å². The summed E-state index contributed by atoms with van der Waals surface area (Å²) in [6.45, 7) is 5.14. The van der Waals surface area contributed by atoms with E-state index >= 15 is 0 Å². The van der Waals surface area contributed by atoms with Crippen LogP contribution in [0.15, 0.2) is 28.7 Å². The van der Waals surface area contributed by atoms with Crippen molar-refractivity contribution >= 4 is 15.9 Å². The Kier molecular flexibility index (Phi) is 5.65. The van der Waals surface area contributed by atoms with Crippen LogP contribution in [0.3, 0.4) is 0 Å². The summed E-state index contributed by atoms with van der Waals surface area (Å²) >= 11 is 3.62. The molecule has 2 rings (SSSR count). The third-order valence-electron chi connectivity index (χ3n) is 4.50. The van der Waals surface area contributed by atoms with Crippen molar-refractivity contribution in [1.82, 2.24) is 0 Å². The lowest BCUT2D eigenvalue weighted by atomic mass is 9.73. The third-order valence-corrected chi connectivity index (χ3v) is 5.27. The lowest BCUT2D eigenvalue weighted by Gasteiger charge is -2.44. The molecule has 2 nitrogen and oxygen atoms in total. The molecule has 1 aliphatic carbocycles. The van der Waals surface area contributed by atoms with E-state index in [1.807, 2.05) is 6.07 Å². The zero-order chi connectivity index (χ0) is 14.6. The first-order valence-electron chi connectivity index (χ1n) is 7.70. The van der Waals surface area contributed by atoms with Gasteiger partial charge in [-0.15, -0.1) is 0 Å². The molecular formula is C17H26BrNO.